The van der Waals surface area contributed by atoms with E-state index in [0.29, 0.717) is 29.3 Å². The van der Waals surface area contributed by atoms with Gasteiger partial charge in [-0.3, -0.25) is 0 Å². The van der Waals surface area contributed by atoms with E-state index in [1.54, 1.807) is 42.2 Å². The van der Waals surface area contributed by atoms with Gasteiger partial charge in [-0.15, -0.1) is 5.10 Å². The molecule has 1 N–H and O–H groups in total. The Bertz CT molecular complexity index is 1260. The molecule has 8 nitrogen and oxygen atoms in total. The number of rotatable bonds is 6. The fourth-order valence-electron chi connectivity index (χ4n) is 4.27. The second-order valence-electron chi connectivity index (χ2n) is 7.69. The molecule has 1 atom stereocenters. The van der Waals surface area contributed by atoms with Crippen molar-refractivity contribution in [3.05, 3.63) is 65.9 Å². The summed E-state index contributed by atoms with van der Waals surface area (Å²) in [6, 6.07) is 10.2. The fraction of sp³-hybridized carbons (Fsp3) is 0.304. The molecule has 1 aliphatic heterocycles. The van der Waals surface area contributed by atoms with Crippen LogP contribution in [-0.4, -0.2) is 49.9 Å². The van der Waals surface area contributed by atoms with Gasteiger partial charge in [0.1, 0.15) is 23.1 Å². The fourth-order valence-corrected chi connectivity index (χ4v) is 4.27. The van der Waals surface area contributed by atoms with Gasteiger partial charge in [-0.05, 0) is 49.2 Å². The quantitative estimate of drug-likeness (QED) is 0.498. The van der Waals surface area contributed by atoms with Gasteiger partial charge in [0.05, 0.1) is 19.3 Å². The van der Waals surface area contributed by atoms with Crippen molar-refractivity contribution in [2.24, 2.45) is 0 Å². The summed E-state index contributed by atoms with van der Waals surface area (Å²) >= 11 is 0. The lowest BCUT2D eigenvalue weighted by molar-refractivity contribution is 0.298. The maximum absolute atomic E-state index is 14.0. The van der Waals surface area contributed by atoms with Crippen LogP contribution in [0.5, 0.6) is 5.75 Å². The Balaban J connectivity index is 1.55. The molecule has 0 aliphatic carbocycles. The van der Waals surface area contributed by atoms with Crippen LogP contribution in [0.3, 0.4) is 0 Å². The van der Waals surface area contributed by atoms with Gasteiger partial charge in [0.2, 0.25) is 0 Å². The molecule has 1 aliphatic rings. The Morgan fingerprint density at radius 2 is 2.09 bits per heavy atom. The lowest BCUT2D eigenvalue weighted by atomic mass is 10.0. The average Bonchev–Trinajstić information content (AvgIpc) is 3.46. The number of fused-ring (bicyclic) bond motifs is 1. The van der Waals surface area contributed by atoms with E-state index in [-0.39, 0.29) is 18.5 Å². The van der Waals surface area contributed by atoms with Crippen LogP contribution in [0.15, 0.2) is 48.8 Å². The highest BCUT2D eigenvalue weighted by atomic mass is 19.1. The minimum atomic E-state index is -0.284. The number of benzene rings is 1. The van der Waals surface area contributed by atoms with Crippen molar-refractivity contribution in [2.45, 2.75) is 25.3 Å². The smallest absolute Gasteiger partial charge is 0.180 e. The number of nitrogens with zero attached hydrogens (tertiary/aromatic N) is 6. The van der Waals surface area contributed by atoms with Crippen molar-refractivity contribution in [2.75, 3.05) is 25.2 Å². The molecule has 1 fully saturated rings. The number of aromatic nitrogens is 5. The standard InChI is InChI=1S/C23H23FN6O2/c1-32-20-5-4-15(24)13-17(20)18-3-2-11-29(18)22-7-6-21-26-14-19(30(21)28-22)23-25-10-8-16(27-23)9-12-31/h4-8,10,13-14,18,31H,2-3,9,11-12H2,1H3/t18-/m1/s1. The maximum atomic E-state index is 14.0. The van der Waals surface area contributed by atoms with Crippen molar-refractivity contribution < 1.29 is 14.2 Å². The Kier molecular flexibility index (Phi) is 5.40. The predicted octanol–water partition coefficient (Wildman–Crippen LogP) is 3.21. The number of aliphatic hydroxyl groups is 1. The van der Waals surface area contributed by atoms with Gasteiger partial charge in [0.25, 0.3) is 0 Å². The molecule has 5 rings (SSSR count). The minimum Gasteiger partial charge on any atom is -0.496 e. The molecule has 4 heterocycles. The molecular weight excluding hydrogens is 411 g/mol. The van der Waals surface area contributed by atoms with Crippen LogP contribution in [0.25, 0.3) is 17.2 Å². The molecule has 0 bridgehead atoms. The first-order valence-electron chi connectivity index (χ1n) is 10.6. The first-order valence-corrected chi connectivity index (χ1v) is 10.6. The monoisotopic (exact) mass is 434 g/mol. The number of hydrogen-bond acceptors (Lipinski definition) is 7. The number of hydrogen-bond donors (Lipinski definition) is 1. The second-order valence-corrected chi connectivity index (χ2v) is 7.69. The number of methoxy groups -OCH3 is 1. The van der Waals surface area contributed by atoms with Crippen LogP contribution >= 0.6 is 0 Å². The highest BCUT2D eigenvalue weighted by Gasteiger charge is 2.30. The molecule has 1 saturated heterocycles. The second kappa shape index (κ2) is 8.51. The summed E-state index contributed by atoms with van der Waals surface area (Å²) < 4.78 is 21.3. The van der Waals surface area contributed by atoms with Gasteiger partial charge in [0, 0.05) is 37.0 Å². The molecule has 0 radical (unpaired) electrons. The van der Waals surface area contributed by atoms with Crippen molar-refractivity contribution >= 4 is 11.5 Å². The van der Waals surface area contributed by atoms with Gasteiger partial charge >= 0.3 is 0 Å². The topological polar surface area (TPSA) is 88.7 Å². The van der Waals surface area contributed by atoms with Gasteiger partial charge < -0.3 is 14.7 Å². The van der Waals surface area contributed by atoms with Crippen LogP contribution in [0, 0.1) is 5.82 Å². The number of anilines is 1. The molecule has 9 heteroatoms. The Morgan fingerprint density at radius 3 is 2.94 bits per heavy atom. The molecule has 0 spiro atoms. The largest absolute Gasteiger partial charge is 0.496 e. The van der Waals surface area contributed by atoms with E-state index in [0.717, 1.165) is 36.5 Å². The van der Waals surface area contributed by atoms with Crippen LogP contribution in [0.4, 0.5) is 10.2 Å². The number of halogens is 1. The normalized spacial score (nSPS) is 16.1. The lowest BCUT2D eigenvalue weighted by Crippen LogP contribution is -2.24. The molecule has 4 aromatic rings. The van der Waals surface area contributed by atoms with Crippen LogP contribution in [-0.2, 0) is 6.42 Å². The molecular formula is C23H23FN6O2. The number of ether oxygens (including phenoxy) is 1. The third-order valence-corrected chi connectivity index (χ3v) is 5.76. The SMILES string of the molecule is COc1ccc(F)cc1[C@H]1CCCN1c1ccc2ncc(-c3nccc(CCO)n3)n2n1. The lowest BCUT2D eigenvalue weighted by Gasteiger charge is -2.27. The summed E-state index contributed by atoms with van der Waals surface area (Å²) in [5, 5.41) is 14.1. The highest BCUT2D eigenvalue weighted by molar-refractivity contribution is 5.58. The number of imidazole rings is 1. The highest BCUT2D eigenvalue weighted by Crippen LogP contribution is 2.39. The molecule has 164 valence electrons. The summed E-state index contributed by atoms with van der Waals surface area (Å²) in [4.78, 5) is 15.5. The van der Waals surface area contributed by atoms with Crippen LogP contribution in [0.2, 0.25) is 0 Å². The summed E-state index contributed by atoms with van der Waals surface area (Å²) in [5.74, 6) is 1.64. The Morgan fingerprint density at radius 1 is 1.19 bits per heavy atom. The van der Waals surface area contributed by atoms with E-state index >= 15 is 0 Å². The maximum Gasteiger partial charge on any atom is 0.180 e. The molecule has 1 aromatic carbocycles. The van der Waals surface area contributed by atoms with E-state index in [1.807, 2.05) is 12.1 Å². The Hall–Kier alpha value is -3.59. The van der Waals surface area contributed by atoms with E-state index in [4.69, 9.17) is 9.84 Å². The molecule has 0 unspecified atom stereocenters. The van der Waals surface area contributed by atoms with Gasteiger partial charge in [-0.2, -0.15) is 0 Å². The van der Waals surface area contributed by atoms with Gasteiger partial charge in [-0.25, -0.2) is 23.9 Å². The zero-order valence-electron chi connectivity index (χ0n) is 17.6. The summed E-state index contributed by atoms with van der Waals surface area (Å²) in [6.07, 6.45) is 5.66. The van der Waals surface area contributed by atoms with E-state index in [1.165, 1.54) is 6.07 Å². The van der Waals surface area contributed by atoms with Gasteiger partial charge in [0.15, 0.2) is 11.5 Å². The van der Waals surface area contributed by atoms with Crippen molar-refractivity contribution in [3.63, 3.8) is 0 Å². The predicted molar refractivity (Wildman–Crippen MR) is 117 cm³/mol. The summed E-state index contributed by atoms with van der Waals surface area (Å²) in [6.45, 7) is 0.821. The third kappa shape index (κ3) is 3.64. The minimum absolute atomic E-state index is 0.0197. The molecule has 32 heavy (non-hydrogen) atoms. The van der Waals surface area contributed by atoms with Gasteiger partial charge in [-0.1, -0.05) is 0 Å². The summed E-state index contributed by atoms with van der Waals surface area (Å²) in [5.41, 5.74) is 2.92. The van der Waals surface area contributed by atoms with Crippen molar-refractivity contribution in [1.82, 2.24) is 24.6 Å². The van der Waals surface area contributed by atoms with E-state index < -0.39 is 0 Å². The van der Waals surface area contributed by atoms with Crippen molar-refractivity contribution in [3.8, 4) is 17.3 Å². The first-order chi connectivity index (χ1) is 15.7. The zero-order valence-corrected chi connectivity index (χ0v) is 17.6. The number of aliphatic hydroxyl groups excluding tert-OH is 1. The molecule has 3 aromatic heterocycles. The average molecular weight is 434 g/mol. The molecule has 0 saturated carbocycles. The van der Waals surface area contributed by atoms with Crippen molar-refractivity contribution in [1.29, 1.82) is 0 Å². The third-order valence-electron chi connectivity index (χ3n) is 5.76. The first kappa shape index (κ1) is 20.3. The zero-order chi connectivity index (χ0) is 22.1. The molecule has 0 amide bonds. The van der Waals surface area contributed by atoms with Crippen LogP contribution < -0.4 is 9.64 Å². The summed E-state index contributed by atoms with van der Waals surface area (Å²) in [7, 11) is 1.60. The van der Waals surface area contributed by atoms with E-state index in [2.05, 4.69) is 19.9 Å². The Labute approximate surface area is 184 Å². The van der Waals surface area contributed by atoms with E-state index in [9.17, 15) is 9.50 Å². The van der Waals surface area contributed by atoms with Crippen LogP contribution in [0.1, 0.15) is 30.1 Å².